The van der Waals surface area contributed by atoms with E-state index in [1.807, 2.05) is 18.2 Å². The molecule has 162 valence electrons. The molecular weight excluding hydrogens is 431 g/mol. The lowest BCUT2D eigenvalue weighted by Gasteiger charge is -2.34. The third-order valence-electron chi connectivity index (χ3n) is 5.93. The highest BCUT2D eigenvalue weighted by atomic mass is 32.2. The Balaban J connectivity index is 1.32. The Kier molecular flexibility index (Phi) is 4.91. The van der Waals surface area contributed by atoms with E-state index in [0.717, 1.165) is 17.2 Å². The van der Waals surface area contributed by atoms with Crippen molar-refractivity contribution in [2.75, 3.05) is 26.2 Å². The van der Waals surface area contributed by atoms with Crippen LogP contribution in [0, 0.1) is 5.82 Å². The van der Waals surface area contributed by atoms with Gasteiger partial charge in [-0.05, 0) is 41.5 Å². The molecule has 1 aliphatic heterocycles. The van der Waals surface area contributed by atoms with Crippen molar-refractivity contribution >= 4 is 21.7 Å². The molecule has 1 aliphatic carbocycles. The summed E-state index contributed by atoms with van der Waals surface area (Å²) in [6.45, 7) is 0.636. The highest BCUT2D eigenvalue weighted by molar-refractivity contribution is 7.89. The molecule has 1 heterocycles. The van der Waals surface area contributed by atoms with Crippen LogP contribution in [0.15, 0.2) is 71.6 Å². The van der Waals surface area contributed by atoms with Crippen LogP contribution in [0.3, 0.4) is 0 Å². The van der Waals surface area contributed by atoms with Crippen molar-refractivity contribution in [3.05, 3.63) is 89.2 Å². The van der Waals surface area contributed by atoms with Crippen LogP contribution in [0.5, 0.6) is 0 Å². The Bertz CT molecular complexity index is 1360. The highest BCUT2D eigenvalue weighted by Gasteiger charge is 2.32. The van der Waals surface area contributed by atoms with E-state index in [2.05, 4.69) is 0 Å². The number of rotatable bonds is 3. The number of sulfonamides is 1. The summed E-state index contributed by atoms with van der Waals surface area (Å²) in [6.07, 6.45) is 0. The van der Waals surface area contributed by atoms with E-state index in [9.17, 15) is 22.4 Å². The summed E-state index contributed by atoms with van der Waals surface area (Å²) < 4.78 is 40.3. The summed E-state index contributed by atoms with van der Waals surface area (Å²) in [5.74, 6) is -0.969. The number of fused-ring (bicyclic) bond motifs is 3. The normalized spacial score (nSPS) is 16.0. The molecule has 8 heteroatoms. The molecule has 5 rings (SSSR count). The van der Waals surface area contributed by atoms with E-state index >= 15 is 0 Å². The number of piperazine rings is 1. The van der Waals surface area contributed by atoms with Gasteiger partial charge in [0.2, 0.25) is 10.0 Å². The molecule has 1 amide bonds. The molecule has 1 saturated heterocycles. The van der Waals surface area contributed by atoms with Crippen LogP contribution in [0.25, 0.3) is 11.1 Å². The van der Waals surface area contributed by atoms with E-state index in [4.69, 9.17) is 0 Å². The fourth-order valence-electron chi connectivity index (χ4n) is 4.25. The van der Waals surface area contributed by atoms with Crippen molar-refractivity contribution in [3.8, 4) is 11.1 Å². The zero-order valence-corrected chi connectivity index (χ0v) is 17.8. The Morgan fingerprint density at radius 1 is 0.781 bits per heavy atom. The molecule has 32 heavy (non-hydrogen) atoms. The minimum atomic E-state index is -3.83. The Labute approximate surface area is 184 Å². The molecule has 0 aromatic heterocycles. The molecule has 0 unspecified atom stereocenters. The van der Waals surface area contributed by atoms with Gasteiger partial charge in [-0.2, -0.15) is 4.31 Å². The van der Waals surface area contributed by atoms with Gasteiger partial charge in [0, 0.05) is 42.9 Å². The minimum Gasteiger partial charge on any atom is -0.336 e. The van der Waals surface area contributed by atoms with E-state index in [1.54, 1.807) is 29.2 Å². The van der Waals surface area contributed by atoms with Crippen LogP contribution >= 0.6 is 0 Å². The molecule has 3 aromatic carbocycles. The quantitative estimate of drug-likeness (QED) is 0.481. The number of nitrogens with zero attached hydrogens (tertiary/aromatic N) is 2. The molecular formula is C24H19FN2O4S. The van der Waals surface area contributed by atoms with Crippen LogP contribution < -0.4 is 0 Å². The minimum absolute atomic E-state index is 0.101. The van der Waals surface area contributed by atoms with E-state index in [0.29, 0.717) is 16.7 Å². The lowest BCUT2D eigenvalue weighted by molar-refractivity contribution is 0.0698. The van der Waals surface area contributed by atoms with Crippen molar-refractivity contribution in [2.24, 2.45) is 0 Å². The van der Waals surface area contributed by atoms with Crippen LogP contribution in [-0.2, 0) is 10.0 Å². The summed E-state index contributed by atoms with van der Waals surface area (Å²) in [4.78, 5) is 27.2. The van der Waals surface area contributed by atoms with Gasteiger partial charge >= 0.3 is 0 Å². The van der Waals surface area contributed by atoms with Gasteiger partial charge in [-0.1, -0.05) is 36.4 Å². The lowest BCUT2D eigenvalue weighted by atomic mass is 10.0. The first-order valence-corrected chi connectivity index (χ1v) is 11.6. The first-order chi connectivity index (χ1) is 15.4. The molecule has 0 atom stereocenters. The summed E-state index contributed by atoms with van der Waals surface area (Å²) in [5, 5.41) is 0. The Morgan fingerprint density at radius 2 is 1.47 bits per heavy atom. The van der Waals surface area contributed by atoms with Crippen LogP contribution in [0.4, 0.5) is 4.39 Å². The van der Waals surface area contributed by atoms with Gasteiger partial charge in [0.05, 0.1) is 4.90 Å². The molecule has 0 bridgehead atoms. The number of carbonyl (C=O) groups excluding carboxylic acids is 2. The smallest absolute Gasteiger partial charge is 0.253 e. The zero-order chi connectivity index (χ0) is 22.5. The van der Waals surface area contributed by atoms with E-state index < -0.39 is 15.8 Å². The first-order valence-electron chi connectivity index (χ1n) is 10.2. The molecule has 3 aromatic rings. The zero-order valence-electron chi connectivity index (χ0n) is 17.0. The lowest BCUT2D eigenvalue weighted by Crippen LogP contribution is -2.50. The standard InChI is InChI=1S/C24H19FN2O4S/c25-17-4-3-5-18(15-17)32(30,31)27-12-10-26(11-13-27)24(29)16-8-9-20-19-6-1-2-7-21(19)23(28)22(20)14-16/h1-9,14-15H,10-13H2. The highest BCUT2D eigenvalue weighted by Crippen LogP contribution is 2.37. The summed E-state index contributed by atoms with van der Waals surface area (Å²) in [5.41, 5.74) is 3.20. The van der Waals surface area contributed by atoms with E-state index in [1.165, 1.54) is 22.5 Å². The van der Waals surface area contributed by atoms with Gasteiger partial charge in [-0.25, -0.2) is 12.8 Å². The number of halogens is 1. The molecule has 6 nitrogen and oxygen atoms in total. The largest absolute Gasteiger partial charge is 0.336 e. The second kappa shape index (κ2) is 7.65. The number of carbonyl (C=O) groups is 2. The number of amides is 1. The number of ketones is 1. The maximum absolute atomic E-state index is 13.5. The average Bonchev–Trinajstić information content (AvgIpc) is 3.10. The number of benzene rings is 3. The van der Waals surface area contributed by atoms with Gasteiger partial charge in [0.25, 0.3) is 5.91 Å². The topological polar surface area (TPSA) is 74.8 Å². The van der Waals surface area contributed by atoms with Crippen molar-refractivity contribution in [1.29, 1.82) is 0 Å². The monoisotopic (exact) mass is 450 g/mol. The molecule has 0 saturated carbocycles. The Morgan fingerprint density at radius 3 is 2.19 bits per heavy atom. The van der Waals surface area contributed by atoms with Crippen molar-refractivity contribution in [2.45, 2.75) is 4.90 Å². The Hall–Kier alpha value is -3.36. The molecule has 0 N–H and O–H groups in total. The molecule has 0 radical (unpaired) electrons. The predicted molar refractivity (Wildman–Crippen MR) is 116 cm³/mol. The SMILES string of the molecule is O=C1c2ccccc2-c2ccc(C(=O)N3CCN(S(=O)(=O)c4cccc(F)c4)CC3)cc21. The van der Waals surface area contributed by atoms with Crippen molar-refractivity contribution < 1.29 is 22.4 Å². The number of hydrogen-bond acceptors (Lipinski definition) is 4. The second-order valence-corrected chi connectivity index (χ2v) is 9.73. The van der Waals surface area contributed by atoms with Gasteiger partial charge in [0.15, 0.2) is 5.78 Å². The third kappa shape index (κ3) is 3.32. The van der Waals surface area contributed by atoms with Crippen molar-refractivity contribution in [3.63, 3.8) is 0 Å². The molecule has 0 spiro atoms. The fraction of sp³-hybridized carbons (Fsp3) is 0.167. The molecule has 1 fully saturated rings. The fourth-order valence-corrected chi connectivity index (χ4v) is 5.71. The van der Waals surface area contributed by atoms with Crippen LogP contribution in [0.1, 0.15) is 26.3 Å². The van der Waals surface area contributed by atoms with Crippen LogP contribution in [0.2, 0.25) is 0 Å². The second-order valence-electron chi connectivity index (χ2n) is 7.79. The van der Waals surface area contributed by atoms with Crippen molar-refractivity contribution in [1.82, 2.24) is 9.21 Å². The summed E-state index contributed by atoms with van der Waals surface area (Å²) in [7, 11) is -3.83. The summed E-state index contributed by atoms with van der Waals surface area (Å²) >= 11 is 0. The summed E-state index contributed by atoms with van der Waals surface area (Å²) in [6, 6.07) is 17.4. The van der Waals surface area contributed by atoms with Gasteiger partial charge in [-0.15, -0.1) is 0 Å². The maximum Gasteiger partial charge on any atom is 0.253 e. The average molecular weight is 450 g/mol. The van der Waals surface area contributed by atoms with Gasteiger partial charge in [-0.3, -0.25) is 9.59 Å². The van der Waals surface area contributed by atoms with Crippen LogP contribution in [-0.4, -0.2) is 55.5 Å². The van der Waals surface area contributed by atoms with E-state index in [-0.39, 0.29) is 42.8 Å². The maximum atomic E-state index is 13.5. The number of hydrogen-bond donors (Lipinski definition) is 0. The predicted octanol–water partition coefficient (Wildman–Crippen LogP) is 3.18. The molecule has 2 aliphatic rings. The van der Waals surface area contributed by atoms with Gasteiger partial charge < -0.3 is 4.90 Å². The van der Waals surface area contributed by atoms with Gasteiger partial charge in [0.1, 0.15) is 5.82 Å². The first kappa shape index (κ1) is 20.5. The third-order valence-corrected chi connectivity index (χ3v) is 7.83.